The van der Waals surface area contributed by atoms with E-state index < -0.39 is 5.97 Å². The van der Waals surface area contributed by atoms with E-state index in [0.717, 1.165) is 0 Å². The highest BCUT2D eigenvalue weighted by molar-refractivity contribution is 6.13. The molecule has 29 heavy (non-hydrogen) atoms. The lowest BCUT2D eigenvalue weighted by Crippen LogP contribution is -2.15. The molecule has 1 heterocycles. The van der Waals surface area contributed by atoms with Crippen molar-refractivity contribution in [1.82, 2.24) is 0 Å². The first-order valence-electron chi connectivity index (χ1n) is 8.98. The van der Waals surface area contributed by atoms with E-state index in [0.29, 0.717) is 28.4 Å². The third-order valence-corrected chi connectivity index (χ3v) is 4.11. The standard InChI is InChI=1S/C22H21NO6/c1-13(2)21(24)28-18-9-8-14(11-19(18)27-4)10-17-22(25)29-20(23-17)15-6-5-7-16(12-15)26-3/h5-13H,1-4H3. The highest BCUT2D eigenvalue weighted by atomic mass is 16.6. The van der Waals surface area contributed by atoms with E-state index in [4.69, 9.17) is 18.9 Å². The molecular formula is C22H21NO6. The number of hydrogen-bond donors (Lipinski definition) is 0. The lowest BCUT2D eigenvalue weighted by atomic mass is 10.1. The largest absolute Gasteiger partial charge is 0.497 e. The molecule has 0 atom stereocenters. The molecule has 1 aliphatic heterocycles. The van der Waals surface area contributed by atoms with Gasteiger partial charge in [-0.3, -0.25) is 4.79 Å². The van der Waals surface area contributed by atoms with Crippen LogP contribution in [0, 0.1) is 5.92 Å². The lowest BCUT2D eigenvalue weighted by molar-refractivity contribution is -0.137. The molecule has 3 rings (SSSR count). The van der Waals surface area contributed by atoms with Crippen LogP contribution < -0.4 is 14.2 Å². The minimum atomic E-state index is -0.558. The zero-order chi connectivity index (χ0) is 21.0. The van der Waals surface area contributed by atoms with Gasteiger partial charge in [-0.15, -0.1) is 0 Å². The van der Waals surface area contributed by atoms with Crippen LogP contribution in [0.15, 0.2) is 53.2 Å². The van der Waals surface area contributed by atoms with E-state index in [-0.39, 0.29) is 23.5 Å². The summed E-state index contributed by atoms with van der Waals surface area (Å²) < 4.78 is 21.1. The van der Waals surface area contributed by atoms with Gasteiger partial charge in [0.15, 0.2) is 17.2 Å². The van der Waals surface area contributed by atoms with E-state index in [1.54, 1.807) is 69.5 Å². The second kappa shape index (κ2) is 8.60. The van der Waals surface area contributed by atoms with E-state index >= 15 is 0 Å². The molecule has 7 nitrogen and oxygen atoms in total. The Morgan fingerprint density at radius 1 is 1.07 bits per heavy atom. The molecule has 0 saturated carbocycles. The molecule has 0 aliphatic carbocycles. The van der Waals surface area contributed by atoms with Gasteiger partial charge in [-0.2, -0.15) is 0 Å². The average molecular weight is 395 g/mol. The fraction of sp³-hybridized carbons (Fsp3) is 0.227. The summed E-state index contributed by atoms with van der Waals surface area (Å²) in [5.74, 6) is 0.335. The minimum absolute atomic E-state index is 0.150. The fourth-order valence-electron chi connectivity index (χ4n) is 2.53. The van der Waals surface area contributed by atoms with Crippen LogP contribution in [0.25, 0.3) is 6.08 Å². The summed E-state index contributed by atoms with van der Waals surface area (Å²) in [5, 5.41) is 0. The number of aliphatic imine (C=N–C) groups is 1. The Kier molecular flexibility index (Phi) is 5.97. The SMILES string of the molecule is COc1cccc(C2=NC(=Cc3ccc(OC(=O)C(C)C)c(OC)c3)C(=O)O2)c1. The summed E-state index contributed by atoms with van der Waals surface area (Å²) in [6.07, 6.45) is 1.58. The molecule has 0 bridgehead atoms. The maximum atomic E-state index is 12.2. The first-order chi connectivity index (χ1) is 13.9. The molecular weight excluding hydrogens is 374 g/mol. The van der Waals surface area contributed by atoms with Gasteiger partial charge in [-0.1, -0.05) is 26.0 Å². The molecule has 0 spiro atoms. The second-order valence-corrected chi connectivity index (χ2v) is 6.55. The van der Waals surface area contributed by atoms with Crippen LogP contribution >= 0.6 is 0 Å². The van der Waals surface area contributed by atoms with Crippen LogP contribution in [0.3, 0.4) is 0 Å². The first kappa shape index (κ1) is 20.1. The Hall–Kier alpha value is -3.61. The van der Waals surface area contributed by atoms with Gasteiger partial charge < -0.3 is 18.9 Å². The molecule has 2 aromatic carbocycles. The molecule has 0 N–H and O–H groups in total. The summed E-state index contributed by atoms with van der Waals surface area (Å²) in [4.78, 5) is 28.3. The van der Waals surface area contributed by atoms with Gasteiger partial charge in [-0.05, 0) is 42.0 Å². The Morgan fingerprint density at radius 2 is 1.86 bits per heavy atom. The maximum Gasteiger partial charge on any atom is 0.363 e. The van der Waals surface area contributed by atoms with Crippen molar-refractivity contribution in [2.45, 2.75) is 13.8 Å². The van der Waals surface area contributed by atoms with Crippen LogP contribution in [0.2, 0.25) is 0 Å². The number of ether oxygens (including phenoxy) is 4. The smallest absolute Gasteiger partial charge is 0.363 e. The number of benzene rings is 2. The Labute approximate surface area is 168 Å². The summed E-state index contributed by atoms with van der Waals surface area (Å²) >= 11 is 0. The number of nitrogens with zero attached hydrogens (tertiary/aromatic N) is 1. The van der Waals surface area contributed by atoms with E-state index in [9.17, 15) is 9.59 Å². The lowest BCUT2D eigenvalue weighted by Gasteiger charge is -2.11. The summed E-state index contributed by atoms with van der Waals surface area (Å²) in [6.45, 7) is 3.49. The number of cyclic esters (lactones) is 1. The van der Waals surface area contributed by atoms with Crippen LogP contribution in [0.1, 0.15) is 25.0 Å². The highest BCUT2D eigenvalue weighted by Gasteiger charge is 2.24. The van der Waals surface area contributed by atoms with Crippen molar-refractivity contribution in [1.29, 1.82) is 0 Å². The number of carbonyl (C=O) groups excluding carboxylic acids is 2. The quantitative estimate of drug-likeness (QED) is 0.422. The van der Waals surface area contributed by atoms with Crippen LogP contribution in [-0.4, -0.2) is 32.1 Å². The molecule has 2 aromatic rings. The molecule has 150 valence electrons. The first-order valence-corrected chi connectivity index (χ1v) is 8.98. The van der Waals surface area contributed by atoms with Crippen molar-refractivity contribution in [3.8, 4) is 17.2 Å². The maximum absolute atomic E-state index is 12.2. The molecule has 0 unspecified atom stereocenters. The zero-order valence-corrected chi connectivity index (χ0v) is 16.6. The Bertz CT molecular complexity index is 1010. The third-order valence-electron chi connectivity index (χ3n) is 4.11. The van der Waals surface area contributed by atoms with Crippen molar-refractivity contribution in [2.24, 2.45) is 10.9 Å². The minimum Gasteiger partial charge on any atom is -0.497 e. The van der Waals surface area contributed by atoms with Crippen molar-refractivity contribution in [2.75, 3.05) is 14.2 Å². The summed E-state index contributed by atoms with van der Waals surface area (Å²) in [6, 6.07) is 12.0. The predicted molar refractivity (Wildman–Crippen MR) is 107 cm³/mol. The topological polar surface area (TPSA) is 83.4 Å². The van der Waals surface area contributed by atoms with Gasteiger partial charge in [0.2, 0.25) is 5.90 Å². The monoisotopic (exact) mass is 395 g/mol. The molecule has 0 saturated heterocycles. The van der Waals surface area contributed by atoms with Crippen LogP contribution in [0.5, 0.6) is 17.2 Å². The van der Waals surface area contributed by atoms with Gasteiger partial charge in [0.05, 0.1) is 20.1 Å². The van der Waals surface area contributed by atoms with Crippen molar-refractivity contribution >= 4 is 23.9 Å². The van der Waals surface area contributed by atoms with Gasteiger partial charge in [0, 0.05) is 5.56 Å². The second-order valence-electron chi connectivity index (χ2n) is 6.55. The van der Waals surface area contributed by atoms with Crippen LogP contribution in [-0.2, 0) is 14.3 Å². The molecule has 7 heteroatoms. The molecule has 0 amide bonds. The Balaban J connectivity index is 1.88. The number of rotatable bonds is 6. The Morgan fingerprint density at radius 3 is 2.55 bits per heavy atom. The zero-order valence-electron chi connectivity index (χ0n) is 16.6. The van der Waals surface area contributed by atoms with Crippen molar-refractivity contribution in [3.05, 3.63) is 59.3 Å². The molecule has 0 fully saturated rings. The van der Waals surface area contributed by atoms with Gasteiger partial charge in [0.25, 0.3) is 0 Å². The van der Waals surface area contributed by atoms with Gasteiger partial charge >= 0.3 is 11.9 Å². The van der Waals surface area contributed by atoms with Gasteiger partial charge in [-0.25, -0.2) is 9.79 Å². The summed E-state index contributed by atoms with van der Waals surface area (Å²) in [7, 11) is 3.03. The van der Waals surface area contributed by atoms with Gasteiger partial charge in [0.1, 0.15) is 5.75 Å². The summed E-state index contributed by atoms with van der Waals surface area (Å²) in [5.41, 5.74) is 1.43. The van der Waals surface area contributed by atoms with Crippen molar-refractivity contribution < 1.29 is 28.5 Å². The van der Waals surface area contributed by atoms with E-state index in [2.05, 4.69) is 4.99 Å². The number of esters is 2. The molecule has 0 radical (unpaired) electrons. The average Bonchev–Trinajstić information content (AvgIpc) is 3.09. The highest BCUT2D eigenvalue weighted by Crippen LogP contribution is 2.30. The number of hydrogen-bond acceptors (Lipinski definition) is 7. The van der Waals surface area contributed by atoms with Crippen LogP contribution in [0.4, 0.5) is 0 Å². The fourth-order valence-corrected chi connectivity index (χ4v) is 2.53. The number of methoxy groups -OCH3 is 2. The van der Waals surface area contributed by atoms with E-state index in [1.165, 1.54) is 7.11 Å². The molecule has 0 aromatic heterocycles. The predicted octanol–water partition coefficient (Wildman–Crippen LogP) is 3.61. The normalized spacial score (nSPS) is 14.6. The molecule has 1 aliphatic rings. The number of carbonyl (C=O) groups is 2. The van der Waals surface area contributed by atoms with Crippen molar-refractivity contribution in [3.63, 3.8) is 0 Å². The third kappa shape index (κ3) is 4.63. The van der Waals surface area contributed by atoms with E-state index in [1.807, 2.05) is 0 Å².